The maximum atomic E-state index is 11.8. The van der Waals surface area contributed by atoms with E-state index in [1.807, 2.05) is 31.3 Å². The topological polar surface area (TPSA) is 21.3 Å². The largest absolute Gasteiger partial charge is 0.491 e. The third kappa shape index (κ3) is 3.75. The number of nitrogens with one attached hydrogen (secondary N) is 1. The number of hydrogen-bond acceptors (Lipinski definition) is 2. The molecule has 0 fully saturated rings. The monoisotopic (exact) mass is 197 g/mol. The van der Waals surface area contributed by atoms with Crippen molar-refractivity contribution in [3.8, 4) is 5.75 Å². The van der Waals surface area contributed by atoms with Crippen LogP contribution in [0.25, 0.3) is 0 Å². The number of rotatable bonds is 6. The van der Waals surface area contributed by atoms with Crippen molar-refractivity contribution in [2.75, 3.05) is 26.9 Å². The van der Waals surface area contributed by atoms with Crippen LogP contribution in [0.15, 0.2) is 24.3 Å². The second-order valence-corrected chi connectivity index (χ2v) is 3.03. The van der Waals surface area contributed by atoms with Crippen molar-refractivity contribution in [2.45, 2.75) is 6.42 Å². The van der Waals surface area contributed by atoms with Crippen LogP contribution in [-0.4, -0.2) is 26.9 Å². The van der Waals surface area contributed by atoms with E-state index in [1.54, 1.807) is 0 Å². The molecule has 0 aliphatic rings. The molecule has 1 N–H and O–H groups in total. The van der Waals surface area contributed by atoms with Crippen LogP contribution in [0, 0.1) is 0 Å². The van der Waals surface area contributed by atoms with Gasteiger partial charge in [-0.15, -0.1) is 0 Å². The minimum Gasteiger partial charge on any atom is -0.491 e. The van der Waals surface area contributed by atoms with Gasteiger partial charge >= 0.3 is 0 Å². The van der Waals surface area contributed by atoms with Crippen LogP contribution in [0.5, 0.6) is 5.75 Å². The molecule has 0 aliphatic heterocycles. The third-order valence-electron chi connectivity index (χ3n) is 1.93. The van der Waals surface area contributed by atoms with Gasteiger partial charge in [0, 0.05) is 0 Å². The molecule has 0 radical (unpaired) electrons. The van der Waals surface area contributed by atoms with Crippen LogP contribution in [-0.2, 0) is 6.42 Å². The maximum absolute atomic E-state index is 11.8. The van der Waals surface area contributed by atoms with Gasteiger partial charge in [0.1, 0.15) is 19.0 Å². The van der Waals surface area contributed by atoms with E-state index in [0.717, 1.165) is 18.7 Å². The summed E-state index contributed by atoms with van der Waals surface area (Å²) in [6.45, 7) is 0.655. The highest BCUT2D eigenvalue weighted by Gasteiger charge is 1.94. The van der Waals surface area contributed by atoms with Crippen molar-refractivity contribution in [1.29, 1.82) is 0 Å². The predicted molar refractivity (Wildman–Crippen MR) is 55.5 cm³/mol. The van der Waals surface area contributed by atoms with Crippen LogP contribution in [0.3, 0.4) is 0 Å². The first-order chi connectivity index (χ1) is 6.86. The molecule has 14 heavy (non-hydrogen) atoms. The molecule has 1 aromatic carbocycles. The summed E-state index contributed by atoms with van der Waals surface area (Å²) in [4.78, 5) is 0. The van der Waals surface area contributed by atoms with Crippen molar-refractivity contribution >= 4 is 0 Å². The first kappa shape index (κ1) is 11.0. The summed E-state index contributed by atoms with van der Waals surface area (Å²) < 4.78 is 16.9. The summed E-state index contributed by atoms with van der Waals surface area (Å²) in [5.74, 6) is 0.732. The zero-order chi connectivity index (χ0) is 10.2. The second-order valence-electron chi connectivity index (χ2n) is 3.03. The fourth-order valence-electron chi connectivity index (χ4n) is 1.18. The minimum absolute atomic E-state index is 0.135. The van der Waals surface area contributed by atoms with Crippen molar-refractivity contribution in [2.24, 2.45) is 0 Å². The molecule has 0 spiro atoms. The van der Waals surface area contributed by atoms with E-state index in [9.17, 15) is 4.39 Å². The highest BCUT2D eigenvalue weighted by atomic mass is 19.1. The van der Waals surface area contributed by atoms with Gasteiger partial charge in [-0.3, -0.25) is 0 Å². The molecule has 1 aromatic rings. The van der Waals surface area contributed by atoms with Gasteiger partial charge in [-0.2, -0.15) is 0 Å². The quantitative estimate of drug-likeness (QED) is 0.750. The highest BCUT2D eigenvalue weighted by Crippen LogP contribution is 2.12. The standard InChI is InChI=1S/C11H16FNO/c1-13-8-6-10-2-4-11(5-3-10)14-9-7-12/h2-5,13H,6-9H2,1H3. The molecule has 2 nitrogen and oxygen atoms in total. The molecule has 0 atom stereocenters. The van der Waals surface area contributed by atoms with Crippen LogP contribution >= 0.6 is 0 Å². The third-order valence-corrected chi connectivity index (χ3v) is 1.93. The highest BCUT2D eigenvalue weighted by molar-refractivity contribution is 5.27. The fraction of sp³-hybridized carbons (Fsp3) is 0.455. The van der Waals surface area contributed by atoms with Gasteiger partial charge in [-0.05, 0) is 37.7 Å². The van der Waals surface area contributed by atoms with Crippen molar-refractivity contribution in [1.82, 2.24) is 5.32 Å². The lowest BCUT2D eigenvalue weighted by molar-refractivity contribution is 0.273. The Morgan fingerprint density at radius 3 is 2.57 bits per heavy atom. The first-order valence-corrected chi connectivity index (χ1v) is 4.79. The number of benzene rings is 1. The number of halogens is 1. The van der Waals surface area contributed by atoms with Crippen LogP contribution < -0.4 is 10.1 Å². The van der Waals surface area contributed by atoms with E-state index in [2.05, 4.69) is 5.32 Å². The molecule has 0 amide bonds. The van der Waals surface area contributed by atoms with Crippen molar-refractivity contribution in [3.63, 3.8) is 0 Å². The summed E-state index contributed by atoms with van der Waals surface area (Å²) in [5, 5.41) is 3.08. The maximum Gasteiger partial charge on any atom is 0.123 e. The normalized spacial score (nSPS) is 10.1. The van der Waals surface area contributed by atoms with Gasteiger partial charge in [-0.25, -0.2) is 4.39 Å². The van der Waals surface area contributed by atoms with E-state index in [1.165, 1.54) is 5.56 Å². The van der Waals surface area contributed by atoms with E-state index in [4.69, 9.17) is 4.74 Å². The molecule has 0 bridgehead atoms. The van der Waals surface area contributed by atoms with E-state index in [-0.39, 0.29) is 6.61 Å². The van der Waals surface area contributed by atoms with Gasteiger partial charge in [0.25, 0.3) is 0 Å². The molecule has 0 saturated carbocycles. The summed E-state index contributed by atoms with van der Waals surface area (Å²) in [6, 6.07) is 7.76. The molecule has 0 aliphatic carbocycles. The average Bonchev–Trinajstić information content (AvgIpc) is 2.25. The Balaban J connectivity index is 2.42. The minimum atomic E-state index is -0.443. The summed E-state index contributed by atoms with van der Waals surface area (Å²) >= 11 is 0. The second kappa shape index (κ2) is 6.38. The summed E-state index contributed by atoms with van der Waals surface area (Å²) in [7, 11) is 1.93. The Hall–Kier alpha value is -1.09. The van der Waals surface area contributed by atoms with Crippen molar-refractivity contribution in [3.05, 3.63) is 29.8 Å². The zero-order valence-corrected chi connectivity index (χ0v) is 8.42. The number of alkyl halides is 1. The molecule has 0 heterocycles. The smallest absolute Gasteiger partial charge is 0.123 e. The van der Waals surface area contributed by atoms with Crippen LogP contribution in [0.4, 0.5) is 4.39 Å². The molecule has 0 aromatic heterocycles. The Kier molecular flexibility index (Phi) is 5.00. The lowest BCUT2D eigenvalue weighted by Crippen LogP contribution is -2.10. The molecule has 0 unspecified atom stereocenters. The number of ether oxygens (including phenoxy) is 1. The number of hydrogen-bond donors (Lipinski definition) is 1. The SMILES string of the molecule is CNCCc1ccc(OCCF)cc1. The van der Waals surface area contributed by atoms with Gasteiger partial charge in [0.05, 0.1) is 0 Å². The van der Waals surface area contributed by atoms with Crippen LogP contribution in [0.2, 0.25) is 0 Å². The predicted octanol–water partition coefficient (Wildman–Crippen LogP) is 1.80. The van der Waals surface area contributed by atoms with E-state index in [0.29, 0.717) is 0 Å². The molecule has 1 rings (SSSR count). The lowest BCUT2D eigenvalue weighted by atomic mass is 10.1. The zero-order valence-electron chi connectivity index (χ0n) is 8.42. The van der Waals surface area contributed by atoms with Gasteiger partial charge < -0.3 is 10.1 Å². The fourth-order valence-corrected chi connectivity index (χ4v) is 1.18. The van der Waals surface area contributed by atoms with Crippen LogP contribution in [0.1, 0.15) is 5.56 Å². The van der Waals surface area contributed by atoms with Gasteiger partial charge in [-0.1, -0.05) is 12.1 Å². The molecule has 0 saturated heterocycles. The number of likely N-dealkylation sites (N-methyl/N-ethyl adjacent to an activating group) is 1. The Morgan fingerprint density at radius 2 is 2.00 bits per heavy atom. The first-order valence-electron chi connectivity index (χ1n) is 4.79. The van der Waals surface area contributed by atoms with E-state index < -0.39 is 6.67 Å². The summed E-state index contributed by atoms with van der Waals surface area (Å²) in [6.07, 6.45) is 1.000. The van der Waals surface area contributed by atoms with Gasteiger partial charge in [0.2, 0.25) is 0 Å². The molecule has 3 heteroatoms. The Morgan fingerprint density at radius 1 is 1.29 bits per heavy atom. The van der Waals surface area contributed by atoms with E-state index >= 15 is 0 Å². The Labute approximate surface area is 84.1 Å². The van der Waals surface area contributed by atoms with Gasteiger partial charge in [0.15, 0.2) is 0 Å². The average molecular weight is 197 g/mol. The van der Waals surface area contributed by atoms with Crippen molar-refractivity contribution < 1.29 is 9.13 Å². The summed E-state index contributed by atoms with van der Waals surface area (Å²) in [5.41, 5.74) is 1.26. The Bertz CT molecular complexity index is 221. The lowest BCUT2D eigenvalue weighted by Gasteiger charge is -2.05. The molecule has 78 valence electrons. The molecular weight excluding hydrogens is 181 g/mol. The molecular formula is C11H16FNO.